The normalized spacial score (nSPS) is 10.5. The van der Waals surface area contributed by atoms with E-state index >= 15 is 0 Å². The number of nitrogens with one attached hydrogen (secondary N) is 1. The first-order chi connectivity index (χ1) is 10.6. The SMILES string of the molecule is N#Cc1cc2c(Br)c(NCc3cc(N)ccc3O)ncc2o1. The van der Waals surface area contributed by atoms with Gasteiger partial charge in [0.15, 0.2) is 5.58 Å². The third-order valence-electron chi connectivity index (χ3n) is 3.18. The molecule has 110 valence electrons. The maximum atomic E-state index is 9.81. The first-order valence-corrected chi connectivity index (χ1v) is 7.17. The fourth-order valence-corrected chi connectivity index (χ4v) is 2.64. The van der Waals surface area contributed by atoms with Gasteiger partial charge in [-0.05, 0) is 34.1 Å². The van der Waals surface area contributed by atoms with Crippen LogP contribution in [-0.2, 0) is 6.54 Å². The number of nitrogens with two attached hydrogens (primary N) is 1. The zero-order valence-corrected chi connectivity index (χ0v) is 12.9. The number of pyridine rings is 1. The minimum absolute atomic E-state index is 0.161. The van der Waals surface area contributed by atoms with Crippen LogP contribution in [0.2, 0.25) is 0 Å². The van der Waals surface area contributed by atoms with Gasteiger partial charge in [0, 0.05) is 29.2 Å². The number of nitrogen functional groups attached to an aromatic ring is 1. The molecule has 0 radical (unpaired) electrons. The van der Waals surface area contributed by atoms with Crippen molar-refractivity contribution in [2.75, 3.05) is 11.1 Å². The number of anilines is 2. The smallest absolute Gasteiger partial charge is 0.204 e. The molecule has 7 heteroatoms. The van der Waals surface area contributed by atoms with Crippen molar-refractivity contribution >= 4 is 38.4 Å². The molecule has 2 aromatic heterocycles. The summed E-state index contributed by atoms with van der Waals surface area (Å²) in [6.07, 6.45) is 1.54. The molecule has 0 unspecified atom stereocenters. The molecule has 0 saturated heterocycles. The molecule has 0 aliphatic heterocycles. The van der Waals surface area contributed by atoms with Crippen molar-refractivity contribution in [3.63, 3.8) is 0 Å². The van der Waals surface area contributed by atoms with Gasteiger partial charge in [0.2, 0.25) is 5.76 Å². The number of phenols is 1. The van der Waals surface area contributed by atoms with E-state index in [1.165, 1.54) is 0 Å². The molecular weight excluding hydrogens is 348 g/mol. The molecule has 22 heavy (non-hydrogen) atoms. The molecule has 2 heterocycles. The molecular formula is C15H11BrN4O2. The van der Waals surface area contributed by atoms with Crippen molar-refractivity contribution in [1.29, 1.82) is 5.26 Å². The summed E-state index contributed by atoms with van der Waals surface area (Å²) >= 11 is 3.45. The number of hydrogen-bond donors (Lipinski definition) is 3. The molecule has 0 fully saturated rings. The number of nitriles is 1. The Morgan fingerprint density at radius 3 is 3.00 bits per heavy atom. The number of benzene rings is 1. The number of fused-ring (bicyclic) bond motifs is 1. The quantitative estimate of drug-likeness (QED) is 0.489. The van der Waals surface area contributed by atoms with E-state index in [4.69, 9.17) is 15.4 Å². The first-order valence-electron chi connectivity index (χ1n) is 6.38. The zero-order chi connectivity index (χ0) is 15.7. The van der Waals surface area contributed by atoms with E-state index in [-0.39, 0.29) is 11.5 Å². The van der Waals surface area contributed by atoms with Crippen molar-refractivity contribution < 1.29 is 9.52 Å². The largest absolute Gasteiger partial charge is 0.508 e. The summed E-state index contributed by atoms with van der Waals surface area (Å²) in [5.74, 6) is 0.969. The third kappa shape index (κ3) is 2.56. The number of aromatic nitrogens is 1. The molecule has 0 saturated carbocycles. The second-order valence-electron chi connectivity index (χ2n) is 4.66. The maximum Gasteiger partial charge on any atom is 0.204 e. The average Bonchev–Trinajstić information content (AvgIpc) is 2.94. The van der Waals surface area contributed by atoms with Crippen LogP contribution in [-0.4, -0.2) is 10.1 Å². The van der Waals surface area contributed by atoms with Crippen LogP contribution in [0.4, 0.5) is 11.5 Å². The van der Waals surface area contributed by atoms with Crippen molar-refractivity contribution in [1.82, 2.24) is 4.98 Å². The van der Waals surface area contributed by atoms with Crippen molar-refractivity contribution in [3.8, 4) is 11.8 Å². The standard InChI is InChI=1S/C15H11BrN4O2/c16-14-11-4-10(5-17)22-13(11)7-20-15(14)19-6-8-3-9(18)1-2-12(8)21/h1-4,7,21H,6,18H2,(H,19,20). The predicted octanol–water partition coefficient (Wildman–Crippen LogP) is 3.36. The molecule has 1 aromatic carbocycles. The van der Waals surface area contributed by atoms with Gasteiger partial charge in [-0.1, -0.05) is 0 Å². The molecule has 0 atom stereocenters. The summed E-state index contributed by atoms with van der Waals surface area (Å²) < 4.78 is 6.01. The maximum absolute atomic E-state index is 9.81. The number of hydrogen-bond acceptors (Lipinski definition) is 6. The number of nitrogens with zero attached hydrogens (tertiary/aromatic N) is 2. The monoisotopic (exact) mass is 358 g/mol. The Morgan fingerprint density at radius 2 is 2.23 bits per heavy atom. The second-order valence-corrected chi connectivity index (χ2v) is 5.46. The van der Waals surface area contributed by atoms with E-state index in [0.717, 1.165) is 5.39 Å². The molecule has 3 rings (SSSR count). The fraction of sp³-hybridized carbons (Fsp3) is 0.0667. The van der Waals surface area contributed by atoms with Crippen LogP contribution in [0.3, 0.4) is 0 Å². The predicted molar refractivity (Wildman–Crippen MR) is 86.3 cm³/mol. The highest BCUT2D eigenvalue weighted by Gasteiger charge is 2.12. The van der Waals surface area contributed by atoms with E-state index in [1.807, 2.05) is 6.07 Å². The van der Waals surface area contributed by atoms with E-state index in [0.29, 0.717) is 33.7 Å². The summed E-state index contributed by atoms with van der Waals surface area (Å²) in [4.78, 5) is 4.25. The summed E-state index contributed by atoms with van der Waals surface area (Å²) in [6, 6.07) is 8.47. The minimum Gasteiger partial charge on any atom is -0.508 e. The van der Waals surface area contributed by atoms with Crippen LogP contribution in [0.25, 0.3) is 11.0 Å². The number of phenolic OH excluding ortho intramolecular Hbond substituents is 1. The van der Waals surface area contributed by atoms with Gasteiger partial charge < -0.3 is 20.6 Å². The highest BCUT2D eigenvalue weighted by atomic mass is 79.9. The van der Waals surface area contributed by atoms with Crippen LogP contribution in [0.15, 0.2) is 39.4 Å². The topological polar surface area (TPSA) is 108 Å². The Bertz CT molecular complexity index is 898. The fourth-order valence-electron chi connectivity index (χ4n) is 2.08. The van der Waals surface area contributed by atoms with Crippen molar-refractivity contribution in [3.05, 3.63) is 46.3 Å². The van der Waals surface area contributed by atoms with E-state index in [9.17, 15) is 5.11 Å². The zero-order valence-electron chi connectivity index (χ0n) is 11.3. The third-order valence-corrected chi connectivity index (χ3v) is 3.98. The van der Waals surface area contributed by atoms with Crippen LogP contribution in [0, 0.1) is 11.3 Å². The van der Waals surface area contributed by atoms with Crippen molar-refractivity contribution in [2.45, 2.75) is 6.54 Å². The molecule has 4 N–H and O–H groups in total. The Labute approximate surface area is 134 Å². The summed E-state index contributed by atoms with van der Waals surface area (Å²) in [5.41, 5.74) is 7.48. The molecule has 6 nitrogen and oxygen atoms in total. The molecule has 0 aliphatic rings. The van der Waals surface area contributed by atoms with Crippen molar-refractivity contribution in [2.24, 2.45) is 0 Å². The van der Waals surface area contributed by atoms with E-state index in [1.54, 1.807) is 30.5 Å². The Morgan fingerprint density at radius 1 is 1.41 bits per heavy atom. The lowest BCUT2D eigenvalue weighted by Gasteiger charge is -2.10. The summed E-state index contributed by atoms with van der Waals surface area (Å²) in [6.45, 7) is 0.358. The van der Waals surface area contributed by atoms with Gasteiger partial charge >= 0.3 is 0 Å². The highest BCUT2D eigenvalue weighted by Crippen LogP contribution is 2.32. The Balaban J connectivity index is 1.89. The van der Waals surface area contributed by atoms with Gasteiger partial charge in [-0.15, -0.1) is 0 Å². The Kier molecular flexibility index (Phi) is 3.61. The van der Waals surface area contributed by atoms with Crippen LogP contribution >= 0.6 is 15.9 Å². The van der Waals surface area contributed by atoms with Gasteiger partial charge in [0.05, 0.1) is 10.7 Å². The second kappa shape index (κ2) is 5.58. The average molecular weight is 359 g/mol. The van der Waals surface area contributed by atoms with Gasteiger partial charge in [-0.2, -0.15) is 5.26 Å². The van der Waals surface area contributed by atoms with E-state index < -0.39 is 0 Å². The number of furan rings is 1. The van der Waals surface area contributed by atoms with Gasteiger partial charge in [-0.25, -0.2) is 4.98 Å². The first kappa shape index (κ1) is 14.2. The van der Waals surface area contributed by atoms with Crippen LogP contribution < -0.4 is 11.1 Å². The molecule has 0 amide bonds. The lowest BCUT2D eigenvalue weighted by atomic mass is 10.2. The van der Waals surface area contributed by atoms with Crippen LogP contribution in [0.1, 0.15) is 11.3 Å². The van der Waals surface area contributed by atoms with Crippen LogP contribution in [0.5, 0.6) is 5.75 Å². The summed E-state index contributed by atoms with van der Waals surface area (Å²) in [5, 5.41) is 22.6. The Hall–Kier alpha value is -2.72. The lowest BCUT2D eigenvalue weighted by Crippen LogP contribution is -2.03. The number of rotatable bonds is 3. The number of halogens is 1. The molecule has 0 bridgehead atoms. The van der Waals surface area contributed by atoms with Gasteiger partial charge in [0.1, 0.15) is 17.6 Å². The molecule has 0 spiro atoms. The molecule has 0 aliphatic carbocycles. The van der Waals surface area contributed by atoms with Gasteiger partial charge in [0.25, 0.3) is 0 Å². The highest BCUT2D eigenvalue weighted by molar-refractivity contribution is 9.10. The lowest BCUT2D eigenvalue weighted by molar-refractivity contribution is 0.469. The number of aromatic hydroxyl groups is 1. The minimum atomic E-state index is 0.161. The van der Waals surface area contributed by atoms with Gasteiger partial charge in [-0.3, -0.25) is 0 Å². The molecule has 3 aromatic rings. The summed E-state index contributed by atoms with van der Waals surface area (Å²) in [7, 11) is 0. The van der Waals surface area contributed by atoms with E-state index in [2.05, 4.69) is 26.2 Å².